The Morgan fingerprint density at radius 2 is 1.33 bits per heavy atom. The van der Waals surface area contributed by atoms with Crippen LogP contribution in [0.5, 0.6) is 0 Å². The molecule has 0 spiro atoms. The van der Waals surface area contributed by atoms with Crippen molar-refractivity contribution in [1.82, 2.24) is 9.97 Å². The Labute approximate surface area is 254 Å². The van der Waals surface area contributed by atoms with Gasteiger partial charge in [-0.05, 0) is 110 Å². The second kappa shape index (κ2) is 11.8. The second-order valence-electron chi connectivity index (χ2n) is 13.9. The van der Waals surface area contributed by atoms with Gasteiger partial charge in [0.15, 0.2) is 0 Å². The SMILES string of the molecule is Cc1cc(C)c(B(c2cccc(CCC3(c4ccccn4)CC4CCCC(C4)C3)n2)c2c(C)cc(C)cc2C)c(C)c1. The van der Waals surface area contributed by atoms with E-state index in [0.717, 1.165) is 24.7 Å². The smallest absolute Gasteiger partial charge is 0.266 e. The predicted molar refractivity (Wildman–Crippen MR) is 179 cm³/mol. The van der Waals surface area contributed by atoms with Crippen LogP contribution >= 0.6 is 0 Å². The number of aryl methyl sites for hydroxylation is 7. The van der Waals surface area contributed by atoms with Crippen LogP contribution in [0.1, 0.15) is 89.7 Å². The minimum absolute atomic E-state index is 0.116. The van der Waals surface area contributed by atoms with Gasteiger partial charge in [-0.3, -0.25) is 9.97 Å². The van der Waals surface area contributed by atoms with E-state index in [2.05, 4.69) is 102 Å². The molecule has 4 aromatic rings. The summed E-state index contributed by atoms with van der Waals surface area (Å²) in [5.41, 5.74) is 14.7. The minimum Gasteiger partial charge on any atom is -0.267 e. The zero-order chi connectivity index (χ0) is 29.4. The third kappa shape index (κ3) is 5.72. The van der Waals surface area contributed by atoms with Gasteiger partial charge in [0.1, 0.15) is 0 Å². The summed E-state index contributed by atoms with van der Waals surface area (Å²) in [6, 6.07) is 22.7. The number of pyridine rings is 2. The Balaban J connectivity index is 1.39. The van der Waals surface area contributed by atoms with Crippen molar-refractivity contribution in [3.63, 3.8) is 0 Å². The highest BCUT2D eigenvalue weighted by Gasteiger charge is 2.44. The van der Waals surface area contributed by atoms with Gasteiger partial charge in [-0.25, -0.2) is 0 Å². The van der Waals surface area contributed by atoms with Gasteiger partial charge < -0.3 is 0 Å². The van der Waals surface area contributed by atoms with Crippen molar-refractivity contribution in [2.75, 3.05) is 0 Å². The third-order valence-corrected chi connectivity index (χ3v) is 10.5. The molecule has 2 saturated carbocycles. The number of hydrogen-bond donors (Lipinski definition) is 0. The molecule has 2 aliphatic rings. The number of aromatic nitrogens is 2. The summed E-state index contributed by atoms with van der Waals surface area (Å²) in [5.74, 6) is 1.70. The van der Waals surface area contributed by atoms with Gasteiger partial charge in [0.2, 0.25) is 0 Å². The highest BCUT2D eigenvalue weighted by Crippen LogP contribution is 2.51. The molecule has 2 aromatic carbocycles. The number of nitrogens with zero attached hydrogens (tertiary/aromatic N) is 2. The number of benzene rings is 2. The Morgan fingerprint density at radius 1 is 0.738 bits per heavy atom. The van der Waals surface area contributed by atoms with Gasteiger partial charge in [-0.15, -0.1) is 0 Å². The lowest BCUT2D eigenvalue weighted by atomic mass is 9.35. The van der Waals surface area contributed by atoms with E-state index in [4.69, 9.17) is 9.97 Å². The van der Waals surface area contributed by atoms with E-state index in [1.165, 1.54) is 99.8 Å². The first kappa shape index (κ1) is 28.9. The first-order chi connectivity index (χ1) is 20.2. The fraction of sp³-hybridized carbons (Fsp3) is 0.436. The summed E-state index contributed by atoms with van der Waals surface area (Å²) in [4.78, 5) is 10.5. The molecule has 2 bridgehead atoms. The van der Waals surface area contributed by atoms with E-state index in [1.807, 2.05) is 6.20 Å². The molecule has 0 amide bonds. The molecule has 6 rings (SSSR count). The van der Waals surface area contributed by atoms with E-state index < -0.39 is 0 Å². The largest absolute Gasteiger partial charge is 0.267 e. The van der Waals surface area contributed by atoms with Crippen LogP contribution in [0.15, 0.2) is 66.9 Å². The van der Waals surface area contributed by atoms with Crippen LogP contribution in [0.2, 0.25) is 0 Å². The number of hydrogen-bond acceptors (Lipinski definition) is 2. The van der Waals surface area contributed by atoms with Crippen LogP contribution < -0.4 is 16.5 Å². The maximum atomic E-state index is 5.50. The summed E-state index contributed by atoms with van der Waals surface area (Å²) in [6.07, 6.45) is 12.3. The maximum Gasteiger partial charge on any atom is 0.266 e. The monoisotopic (exact) mass is 554 g/mol. The van der Waals surface area contributed by atoms with Crippen LogP contribution in [0.4, 0.5) is 0 Å². The molecule has 0 aliphatic heterocycles. The summed E-state index contributed by atoms with van der Waals surface area (Å²) < 4.78 is 0. The van der Waals surface area contributed by atoms with Crippen molar-refractivity contribution in [2.45, 2.75) is 98.3 Å². The quantitative estimate of drug-likeness (QED) is 0.224. The molecule has 2 unspecified atom stereocenters. The van der Waals surface area contributed by atoms with E-state index in [-0.39, 0.29) is 12.1 Å². The normalized spacial score (nSPS) is 21.8. The van der Waals surface area contributed by atoms with Gasteiger partial charge in [-0.2, -0.15) is 0 Å². The standard InChI is InChI=1S/C39H47BN2/c1-26-19-28(3)37(29(4)20-26)40(38-30(5)21-27(2)22-31(38)6)36-15-10-13-34(42-36)16-17-39(35-14-7-8-18-41-35)24-32-11-9-12-33(23-32)25-39/h7-8,10,13-15,18-22,32-33H,9,11-12,16-17,23-25H2,1-6H3. The van der Waals surface area contributed by atoms with Gasteiger partial charge >= 0.3 is 0 Å². The van der Waals surface area contributed by atoms with Crippen molar-refractivity contribution in [1.29, 1.82) is 0 Å². The molecule has 42 heavy (non-hydrogen) atoms. The fourth-order valence-electron chi connectivity index (χ4n) is 9.08. The van der Waals surface area contributed by atoms with Crippen LogP contribution in [0.3, 0.4) is 0 Å². The topological polar surface area (TPSA) is 25.8 Å². The molecule has 2 aliphatic carbocycles. The van der Waals surface area contributed by atoms with Crippen molar-refractivity contribution in [3.8, 4) is 0 Å². The molecule has 2 fully saturated rings. The van der Waals surface area contributed by atoms with Gasteiger partial charge in [-0.1, -0.05) is 100.0 Å². The molecule has 3 heteroatoms. The Hall–Kier alpha value is -3.20. The molecule has 216 valence electrons. The highest BCUT2D eigenvalue weighted by molar-refractivity contribution is 6.96. The van der Waals surface area contributed by atoms with E-state index in [0.29, 0.717) is 0 Å². The summed E-state index contributed by atoms with van der Waals surface area (Å²) in [6.45, 7) is 13.6. The Kier molecular flexibility index (Phi) is 8.14. The summed E-state index contributed by atoms with van der Waals surface area (Å²) in [7, 11) is 0. The molecule has 0 N–H and O–H groups in total. The Bertz CT molecular complexity index is 1460. The number of rotatable bonds is 7. The first-order valence-corrected chi connectivity index (χ1v) is 16.3. The molecule has 0 radical (unpaired) electrons. The van der Waals surface area contributed by atoms with Crippen LogP contribution in [0.25, 0.3) is 0 Å². The van der Waals surface area contributed by atoms with Crippen molar-refractivity contribution in [2.24, 2.45) is 11.8 Å². The average molecular weight is 555 g/mol. The minimum atomic E-state index is 0.116. The van der Waals surface area contributed by atoms with Crippen LogP contribution in [0, 0.1) is 53.4 Å². The van der Waals surface area contributed by atoms with Gasteiger partial charge in [0, 0.05) is 28.6 Å². The van der Waals surface area contributed by atoms with Crippen molar-refractivity contribution in [3.05, 3.63) is 112 Å². The van der Waals surface area contributed by atoms with E-state index in [1.54, 1.807) is 0 Å². The average Bonchev–Trinajstić information content (AvgIpc) is 2.95. The number of fused-ring (bicyclic) bond motifs is 2. The van der Waals surface area contributed by atoms with Crippen molar-refractivity contribution >= 4 is 23.2 Å². The maximum absolute atomic E-state index is 5.50. The van der Waals surface area contributed by atoms with Crippen LogP contribution in [-0.4, -0.2) is 16.7 Å². The lowest BCUT2D eigenvalue weighted by Crippen LogP contribution is -2.57. The first-order valence-electron chi connectivity index (χ1n) is 16.3. The summed E-state index contributed by atoms with van der Waals surface area (Å²) in [5, 5.41) is 0. The predicted octanol–water partition coefficient (Wildman–Crippen LogP) is 7.31. The van der Waals surface area contributed by atoms with Gasteiger partial charge in [0.25, 0.3) is 6.71 Å². The highest BCUT2D eigenvalue weighted by atomic mass is 14.7. The molecule has 2 aromatic heterocycles. The molecule has 2 atom stereocenters. The second-order valence-corrected chi connectivity index (χ2v) is 13.9. The molecular weight excluding hydrogens is 507 g/mol. The zero-order valence-corrected chi connectivity index (χ0v) is 26.6. The summed E-state index contributed by atoms with van der Waals surface area (Å²) >= 11 is 0. The van der Waals surface area contributed by atoms with Crippen LogP contribution in [-0.2, 0) is 11.8 Å². The Morgan fingerprint density at radius 3 is 1.88 bits per heavy atom. The zero-order valence-electron chi connectivity index (χ0n) is 26.6. The fourth-order valence-corrected chi connectivity index (χ4v) is 9.08. The third-order valence-electron chi connectivity index (χ3n) is 10.5. The van der Waals surface area contributed by atoms with Gasteiger partial charge in [0.05, 0.1) is 0 Å². The molecule has 0 saturated heterocycles. The molecule has 2 nitrogen and oxygen atoms in total. The lowest BCUT2D eigenvalue weighted by molar-refractivity contribution is 0.101. The molecule has 2 heterocycles. The van der Waals surface area contributed by atoms with Crippen molar-refractivity contribution < 1.29 is 0 Å². The molecular formula is C39H47BN2. The lowest BCUT2D eigenvalue weighted by Gasteiger charge is -2.47. The van der Waals surface area contributed by atoms with E-state index in [9.17, 15) is 0 Å². The van der Waals surface area contributed by atoms with E-state index >= 15 is 0 Å².